The molecule has 0 saturated carbocycles. The third-order valence-electron chi connectivity index (χ3n) is 4.44. The average Bonchev–Trinajstić information content (AvgIpc) is 3.04. The zero-order valence-corrected chi connectivity index (χ0v) is 15.1. The average molecular weight is 421 g/mol. The Labute approximate surface area is 166 Å². The van der Waals surface area contributed by atoms with Crippen molar-refractivity contribution in [1.29, 1.82) is 0 Å². The number of aromatic nitrogens is 2. The molecule has 0 bridgehead atoms. The van der Waals surface area contributed by atoms with Crippen LogP contribution in [0.5, 0.6) is 5.75 Å². The Morgan fingerprint density at radius 3 is 2.33 bits per heavy atom. The van der Waals surface area contributed by atoms with E-state index in [1.54, 1.807) is 0 Å². The van der Waals surface area contributed by atoms with Gasteiger partial charge < -0.3 is 9.64 Å². The maximum Gasteiger partial charge on any atom is 0.422 e. The fourth-order valence-corrected chi connectivity index (χ4v) is 3.14. The molecule has 0 fully saturated rings. The van der Waals surface area contributed by atoms with Crippen molar-refractivity contribution in [3.8, 4) is 17.0 Å². The van der Waals surface area contributed by atoms with Gasteiger partial charge in [0.05, 0.1) is 12.2 Å². The van der Waals surface area contributed by atoms with Crippen LogP contribution < -0.4 is 9.64 Å². The van der Waals surface area contributed by atoms with Gasteiger partial charge in [0.25, 0.3) is 5.91 Å². The minimum Gasteiger partial charge on any atom is -0.483 e. The lowest BCUT2D eigenvalue weighted by atomic mass is 10.0. The highest BCUT2D eigenvalue weighted by atomic mass is 19.4. The van der Waals surface area contributed by atoms with Crippen molar-refractivity contribution in [3.63, 3.8) is 0 Å². The first kappa shape index (κ1) is 19.7. The second-order valence-electron chi connectivity index (χ2n) is 6.46. The zero-order chi connectivity index (χ0) is 21.5. The summed E-state index contributed by atoms with van der Waals surface area (Å²) >= 11 is 0. The highest BCUT2D eigenvalue weighted by Gasteiger charge is 2.34. The smallest absolute Gasteiger partial charge is 0.422 e. The summed E-state index contributed by atoms with van der Waals surface area (Å²) in [4.78, 5) is 22.2. The first-order valence-corrected chi connectivity index (χ1v) is 8.64. The van der Waals surface area contributed by atoms with Gasteiger partial charge in [0.2, 0.25) is 0 Å². The molecule has 0 aliphatic carbocycles. The number of anilines is 1. The van der Waals surface area contributed by atoms with Crippen LogP contribution in [-0.4, -0.2) is 28.7 Å². The van der Waals surface area contributed by atoms with Gasteiger partial charge in [0.1, 0.15) is 29.4 Å². The van der Waals surface area contributed by atoms with E-state index in [-0.39, 0.29) is 29.2 Å². The van der Waals surface area contributed by atoms with Crippen LogP contribution in [0.25, 0.3) is 11.3 Å². The summed E-state index contributed by atoms with van der Waals surface area (Å²) in [5, 5.41) is 0. The highest BCUT2D eigenvalue weighted by Crippen LogP contribution is 2.37. The summed E-state index contributed by atoms with van der Waals surface area (Å²) in [5.41, 5.74) is 1.05. The van der Waals surface area contributed by atoms with Crippen LogP contribution >= 0.6 is 0 Å². The van der Waals surface area contributed by atoms with Crippen LogP contribution in [0.4, 0.5) is 27.6 Å². The molecule has 1 aromatic heterocycles. The van der Waals surface area contributed by atoms with Gasteiger partial charge in [-0.3, -0.25) is 4.79 Å². The van der Waals surface area contributed by atoms with Gasteiger partial charge in [0.15, 0.2) is 6.61 Å². The number of carbonyl (C=O) groups excluding carboxylic acids is 1. The minimum atomic E-state index is -4.62. The number of hydrogen-bond donors (Lipinski definition) is 0. The molecule has 154 valence electrons. The van der Waals surface area contributed by atoms with Crippen LogP contribution in [0.1, 0.15) is 16.1 Å². The largest absolute Gasteiger partial charge is 0.483 e. The van der Waals surface area contributed by atoms with Crippen molar-refractivity contribution in [1.82, 2.24) is 9.97 Å². The lowest BCUT2D eigenvalue weighted by molar-refractivity contribution is -0.153. The SMILES string of the molecule is O=C1c2ncnc(-c3ccc(F)cc3OCC(F)(F)F)c2CN1c1ccc(F)cc1. The fourth-order valence-electron chi connectivity index (χ4n) is 3.14. The Bertz CT molecular complexity index is 1120. The van der Waals surface area contributed by atoms with E-state index >= 15 is 0 Å². The number of halogens is 5. The molecular formula is C20H12F5N3O2. The molecule has 0 spiro atoms. The van der Waals surface area contributed by atoms with E-state index in [9.17, 15) is 26.7 Å². The molecule has 3 aromatic rings. The number of amides is 1. The Balaban J connectivity index is 1.74. The topological polar surface area (TPSA) is 55.3 Å². The molecule has 2 heterocycles. The van der Waals surface area contributed by atoms with E-state index in [0.717, 1.165) is 18.5 Å². The first-order chi connectivity index (χ1) is 14.2. The maximum atomic E-state index is 13.6. The standard InChI is InChI=1S/C20H12F5N3O2/c21-11-1-4-13(5-2-11)28-8-15-17(26-10-27-18(15)19(28)29)14-6-3-12(22)7-16(14)30-9-20(23,24)25/h1-7,10H,8-9H2. The number of alkyl halides is 3. The second-order valence-corrected chi connectivity index (χ2v) is 6.46. The van der Waals surface area contributed by atoms with Crippen molar-refractivity contribution in [2.24, 2.45) is 0 Å². The Morgan fingerprint density at radius 1 is 0.967 bits per heavy atom. The second kappa shape index (κ2) is 7.36. The third kappa shape index (κ3) is 3.80. The Morgan fingerprint density at radius 2 is 1.63 bits per heavy atom. The molecule has 30 heavy (non-hydrogen) atoms. The summed E-state index contributed by atoms with van der Waals surface area (Å²) < 4.78 is 69.4. The summed E-state index contributed by atoms with van der Waals surface area (Å²) in [6, 6.07) is 8.34. The summed E-state index contributed by atoms with van der Waals surface area (Å²) in [7, 11) is 0. The van der Waals surface area contributed by atoms with E-state index in [0.29, 0.717) is 11.3 Å². The first-order valence-electron chi connectivity index (χ1n) is 8.64. The monoisotopic (exact) mass is 421 g/mol. The Hall–Kier alpha value is -3.56. The van der Waals surface area contributed by atoms with Gasteiger partial charge >= 0.3 is 6.18 Å². The van der Waals surface area contributed by atoms with Crippen molar-refractivity contribution in [2.75, 3.05) is 11.5 Å². The van der Waals surface area contributed by atoms with E-state index in [1.807, 2.05) is 0 Å². The van der Waals surface area contributed by atoms with Gasteiger partial charge in [0, 0.05) is 22.9 Å². The van der Waals surface area contributed by atoms with E-state index in [1.165, 1.54) is 35.2 Å². The van der Waals surface area contributed by atoms with Crippen molar-refractivity contribution < 1.29 is 31.5 Å². The third-order valence-corrected chi connectivity index (χ3v) is 4.44. The van der Waals surface area contributed by atoms with Crippen LogP contribution in [0.2, 0.25) is 0 Å². The molecule has 0 N–H and O–H groups in total. The molecule has 0 unspecified atom stereocenters. The van der Waals surface area contributed by atoms with Gasteiger partial charge in [-0.2, -0.15) is 13.2 Å². The molecular weight excluding hydrogens is 409 g/mol. The minimum absolute atomic E-state index is 0.00601. The number of hydrogen-bond acceptors (Lipinski definition) is 4. The quantitative estimate of drug-likeness (QED) is 0.582. The molecule has 2 aromatic carbocycles. The predicted octanol–water partition coefficient (Wildman–Crippen LogP) is 4.52. The van der Waals surface area contributed by atoms with Gasteiger partial charge in [-0.05, 0) is 36.4 Å². The molecule has 5 nitrogen and oxygen atoms in total. The number of nitrogens with zero attached hydrogens (tertiary/aromatic N) is 3. The number of rotatable bonds is 4. The van der Waals surface area contributed by atoms with Crippen LogP contribution in [0.3, 0.4) is 0 Å². The number of ether oxygens (including phenoxy) is 1. The van der Waals surface area contributed by atoms with Crippen molar-refractivity contribution >= 4 is 11.6 Å². The molecule has 4 rings (SSSR count). The van der Waals surface area contributed by atoms with Crippen molar-refractivity contribution in [3.05, 3.63) is 71.7 Å². The van der Waals surface area contributed by atoms with Crippen LogP contribution in [-0.2, 0) is 6.54 Å². The number of fused-ring (bicyclic) bond motifs is 1. The van der Waals surface area contributed by atoms with E-state index in [2.05, 4.69) is 9.97 Å². The van der Waals surface area contributed by atoms with E-state index < -0.39 is 30.3 Å². The lowest BCUT2D eigenvalue weighted by Crippen LogP contribution is -2.23. The normalized spacial score (nSPS) is 13.5. The van der Waals surface area contributed by atoms with Gasteiger partial charge in [-0.15, -0.1) is 0 Å². The zero-order valence-electron chi connectivity index (χ0n) is 15.1. The molecule has 1 amide bonds. The van der Waals surface area contributed by atoms with Gasteiger partial charge in [-0.25, -0.2) is 18.7 Å². The van der Waals surface area contributed by atoms with Crippen LogP contribution in [0.15, 0.2) is 48.8 Å². The molecule has 1 aliphatic heterocycles. The molecule has 10 heteroatoms. The van der Waals surface area contributed by atoms with Crippen molar-refractivity contribution in [2.45, 2.75) is 12.7 Å². The van der Waals surface area contributed by atoms with Crippen LogP contribution in [0, 0.1) is 11.6 Å². The molecule has 1 aliphatic rings. The Kier molecular flexibility index (Phi) is 4.84. The molecule has 0 radical (unpaired) electrons. The fraction of sp³-hybridized carbons (Fsp3) is 0.150. The molecule has 0 saturated heterocycles. The number of carbonyl (C=O) groups is 1. The summed E-state index contributed by atoms with van der Waals surface area (Å²) in [6.45, 7) is -1.61. The highest BCUT2D eigenvalue weighted by molar-refractivity contribution is 6.09. The summed E-state index contributed by atoms with van der Waals surface area (Å²) in [6.07, 6.45) is -3.52. The van der Waals surface area contributed by atoms with Gasteiger partial charge in [-0.1, -0.05) is 0 Å². The van der Waals surface area contributed by atoms with E-state index in [4.69, 9.17) is 4.74 Å². The predicted molar refractivity (Wildman–Crippen MR) is 95.9 cm³/mol. The summed E-state index contributed by atoms with van der Waals surface area (Å²) in [5.74, 6) is -2.09. The number of benzene rings is 2. The lowest BCUT2D eigenvalue weighted by Gasteiger charge is -2.16. The molecule has 0 atom stereocenters. The maximum absolute atomic E-state index is 13.6.